The van der Waals surface area contributed by atoms with E-state index >= 15 is 0 Å². The number of aromatic nitrogens is 1. The van der Waals surface area contributed by atoms with E-state index in [4.69, 9.17) is 21.1 Å². The lowest BCUT2D eigenvalue weighted by Crippen LogP contribution is -2.31. The maximum absolute atomic E-state index is 11.7. The maximum atomic E-state index is 11.7. The second-order valence-corrected chi connectivity index (χ2v) is 5.09. The number of carbonyl (C=O) groups excluding carboxylic acids is 1. The van der Waals surface area contributed by atoms with Crippen LogP contribution < -0.4 is 16.4 Å². The third-order valence-corrected chi connectivity index (χ3v) is 3.34. The number of benzene rings is 1. The minimum absolute atomic E-state index is 0. The monoisotopic (exact) mass is 472 g/mol. The molecule has 1 aromatic heterocycles. The van der Waals surface area contributed by atoms with Crippen molar-refractivity contribution >= 4 is 47.2 Å². The zero-order valence-electron chi connectivity index (χ0n) is 14.1. The van der Waals surface area contributed by atoms with Crippen molar-refractivity contribution in [2.24, 2.45) is 0 Å². The number of amides is 2. The van der Waals surface area contributed by atoms with Crippen molar-refractivity contribution in [2.45, 2.75) is 0 Å². The van der Waals surface area contributed by atoms with Gasteiger partial charge >= 0.3 is 6.03 Å². The maximum Gasteiger partial charge on any atom is 0.320 e. The number of nitriles is 1. The standard InChI is InChI=1S/C17H18N6O2.HI.3H2/c1-25-7-6-21-17(24)23-15-8-14(19)13(10-22-15)16(20)12-4-2-11(9-18)3-5-12;;;;/h2-5,8,10,20H,6-7H2,1H3,(H4,19,21,22,23,24);4*1H. The van der Waals surface area contributed by atoms with Crippen LogP contribution in [0.4, 0.5) is 16.3 Å². The number of methoxy groups -OCH3 is 1. The molecule has 0 atom stereocenters. The van der Waals surface area contributed by atoms with E-state index in [9.17, 15) is 4.79 Å². The van der Waals surface area contributed by atoms with Crippen molar-refractivity contribution in [1.82, 2.24) is 10.3 Å². The molecule has 1 heterocycles. The van der Waals surface area contributed by atoms with Gasteiger partial charge in [-0.25, -0.2) is 9.78 Å². The molecule has 8 nitrogen and oxygen atoms in total. The van der Waals surface area contributed by atoms with Gasteiger partial charge in [-0.05, 0) is 12.1 Å². The van der Waals surface area contributed by atoms with Gasteiger partial charge in [0.2, 0.25) is 0 Å². The molecule has 1 aromatic carbocycles. The van der Waals surface area contributed by atoms with E-state index < -0.39 is 6.03 Å². The van der Waals surface area contributed by atoms with Crippen LogP contribution in [0.5, 0.6) is 0 Å². The minimum Gasteiger partial charge on any atom is -0.398 e. The summed E-state index contributed by atoms with van der Waals surface area (Å²) in [7, 11) is 1.55. The number of nitrogens with two attached hydrogens (primary N) is 1. The number of halogens is 1. The number of hydrogen-bond donors (Lipinski definition) is 4. The minimum atomic E-state index is -0.418. The first kappa shape index (κ1) is 21.3. The van der Waals surface area contributed by atoms with E-state index in [2.05, 4.69) is 15.6 Å². The Hall–Kier alpha value is -2.71. The van der Waals surface area contributed by atoms with Crippen LogP contribution in [-0.2, 0) is 4.74 Å². The smallest absolute Gasteiger partial charge is 0.320 e. The van der Waals surface area contributed by atoms with Crippen molar-refractivity contribution < 1.29 is 13.8 Å². The first-order valence-corrected chi connectivity index (χ1v) is 7.44. The normalized spacial score (nSPS) is 9.54. The van der Waals surface area contributed by atoms with Crippen LogP contribution in [-0.4, -0.2) is 37.0 Å². The van der Waals surface area contributed by atoms with Crippen LogP contribution in [0.25, 0.3) is 0 Å². The van der Waals surface area contributed by atoms with Gasteiger partial charge in [0.25, 0.3) is 0 Å². The molecule has 0 bridgehead atoms. The SMILES string of the molecule is COCCNC(=O)Nc1cc(N)c(C(=N)c2ccc(C#N)cc2)cn1.I.[HH].[HH].[HH]. The number of hydrogen-bond acceptors (Lipinski definition) is 6. The molecule has 2 aromatic rings. The van der Waals surface area contributed by atoms with Crippen LogP contribution >= 0.6 is 24.0 Å². The lowest BCUT2D eigenvalue weighted by Gasteiger charge is -2.11. The van der Waals surface area contributed by atoms with Crippen LogP contribution in [0.2, 0.25) is 0 Å². The van der Waals surface area contributed by atoms with Crippen molar-refractivity contribution in [3.8, 4) is 6.07 Å². The lowest BCUT2D eigenvalue weighted by molar-refractivity contribution is 0.198. The van der Waals surface area contributed by atoms with Gasteiger partial charge in [-0.3, -0.25) is 10.7 Å². The number of nitrogens with zero attached hydrogens (tertiary/aromatic N) is 2. The number of pyridine rings is 1. The van der Waals surface area contributed by atoms with E-state index in [1.807, 2.05) is 6.07 Å². The molecular formula is C17H25IN6O2. The van der Waals surface area contributed by atoms with Crippen LogP contribution in [0.1, 0.15) is 21.0 Å². The van der Waals surface area contributed by atoms with Gasteiger partial charge in [0, 0.05) is 47.0 Å². The highest BCUT2D eigenvalue weighted by Crippen LogP contribution is 2.19. The Morgan fingerprint density at radius 2 is 2.12 bits per heavy atom. The fraction of sp³-hybridized carbons (Fsp3) is 0.176. The summed E-state index contributed by atoms with van der Waals surface area (Å²) in [5.41, 5.74) is 8.06. The highest BCUT2D eigenvalue weighted by atomic mass is 127. The Morgan fingerprint density at radius 1 is 1.42 bits per heavy atom. The summed E-state index contributed by atoms with van der Waals surface area (Å²) in [6.45, 7) is 0.781. The molecule has 142 valence electrons. The van der Waals surface area contributed by atoms with Crippen LogP contribution in [0.3, 0.4) is 0 Å². The second-order valence-electron chi connectivity index (χ2n) is 5.09. The molecule has 0 spiro atoms. The molecular weight excluding hydrogens is 447 g/mol. The predicted octanol–water partition coefficient (Wildman–Crippen LogP) is 3.08. The summed E-state index contributed by atoms with van der Waals surface area (Å²) in [4.78, 5) is 15.8. The Kier molecular flexibility index (Phi) is 8.47. The predicted molar refractivity (Wildman–Crippen MR) is 116 cm³/mol. The molecule has 0 saturated carbocycles. The van der Waals surface area contributed by atoms with Crippen molar-refractivity contribution in [2.75, 3.05) is 31.3 Å². The highest BCUT2D eigenvalue weighted by molar-refractivity contribution is 14.0. The molecule has 0 aliphatic carbocycles. The molecule has 0 radical (unpaired) electrons. The summed E-state index contributed by atoms with van der Waals surface area (Å²) < 4.78 is 4.84. The quantitative estimate of drug-likeness (QED) is 0.291. The third kappa shape index (κ3) is 5.68. The van der Waals surface area contributed by atoms with Gasteiger partial charge in [0.1, 0.15) is 5.82 Å². The van der Waals surface area contributed by atoms with Crippen molar-refractivity contribution in [1.29, 1.82) is 10.7 Å². The Labute approximate surface area is 172 Å². The zero-order valence-corrected chi connectivity index (χ0v) is 16.4. The summed E-state index contributed by atoms with van der Waals surface area (Å²) in [5.74, 6) is 0.281. The molecule has 5 N–H and O–H groups in total. The molecule has 2 amide bonds. The van der Waals surface area contributed by atoms with Gasteiger partial charge in [0.15, 0.2) is 0 Å². The van der Waals surface area contributed by atoms with Gasteiger partial charge in [-0.2, -0.15) is 5.26 Å². The van der Waals surface area contributed by atoms with Crippen molar-refractivity contribution in [3.63, 3.8) is 0 Å². The first-order chi connectivity index (χ1) is 12.0. The third-order valence-electron chi connectivity index (χ3n) is 3.34. The zero-order chi connectivity index (χ0) is 18.2. The number of anilines is 2. The van der Waals surface area contributed by atoms with E-state index in [-0.39, 0.29) is 39.8 Å². The fourth-order valence-corrected chi connectivity index (χ4v) is 2.04. The molecule has 0 fully saturated rings. The number of ether oxygens (including phenoxy) is 1. The molecule has 0 aliphatic heterocycles. The number of nitrogen functional groups attached to an aromatic ring is 1. The van der Waals surface area contributed by atoms with Gasteiger partial charge in [-0.15, -0.1) is 24.0 Å². The van der Waals surface area contributed by atoms with E-state index in [1.165, 1.54) is 12.3 Å². The number of rotatable bonds is 6. The molecule has 26 heavy (non-hydrogen) atoms. The Morgan fingerprint density at radius 3 is 2.69 bits per heavy atom. The largest absolute Gasteiger partial charge is 0.398 e. The van der Waals surface area contributed by atoms with E-state index in [0.717, 1.165) is 0 Å². The van der Waals surface area contributed by atoms with Gasteiger partial charge < -0.3 is 15.8 Å². The summed E-state index contributed by atoms with van der Waals surface area (Å²) in [6.07, 6.45) is 1.43. The van der Waals surface area contributed by atoms with E-state index in [1.54, 1.807) is 31.4 Å². The topological polar surface area (TPSA) is 137 Å². The summed E-state index contributed by atoms with van der Waals surface area (Å²) in [5, 5.41) is 22.2. The lowest BCUT2D eigenvalue weighted by atomic mass is 10.0. The number of urea groups is 1. The number of nitrogens with one attached hydrogen (secondary N) is 3. The number of carbonyl (C=O) groups is 1. The fourth-order valence-electron chi connectivity index (χ4n) is 2.04. The molecule has 0 unspecified atom stereocenters. The van der Waals surface area contributed by atoms with Gasteiger partial charge in [-0.1, -0.05) is 12.1 Å². The Bertz CT molecular complexity index is 831. The van der Waals surface area contributed by atoms with Crippen LogP contribution in [0, 0.1) is 16.7 Å². The van der Waals surface area contributed by atoms with Crippen molar-refractivity contribution in [3.05, 3.63) is 53.2 Å². The molecule has 0 saturated heterocycles. The molecule has 2 rings (SSSR count). The summed E-state index contributed by atoms with van der Waals surface area (Å²) in [6, 6.07) is 9.72. The van der Waals surface area contributed by atoms with Crippen LogP contribution in [0.15, 0.2) is 36.5 Å². The average molecular weight is 472 g/mol. The summed E-state index contributed by atoms with van der Waals surface area (Å²) >= 11 is 0. The van der Waals surface area contributed by atoms with E-state index in [0.29, 0.717) is 35.5 Å². The average Bonchev–Trinajstić information content (AvgIpc) is 2.61. The van der Waals surface area contributed by atoms with Gasteiger partial charge in [0.05, 0.1) is 24.0 Å². The Balaban J connectivity index is -0.00000169. The highest BCUT2D eigenvalue weighted by Gasteiger charge is 2.11. The first-order valence-electron chi connectivity index (χ1n) is 7.44. The second kappa shape index (κ2) is 10.3. The molecule has 0 aliphatic rings. The molecule has 9 heteroatoms.